The maximum absolute atomic E-state index is 13.6. The highest BCUT2D eigenvalue weighted by molar-refractivity contribution is 5.92. The van der Waals surface area contributed by atoms with Crippen LogP contribution in [-0.2, 0) is 4.79 Å². The van der Waals surface area contributed by atoms with E-state index in [1.54, 1.807) is 11.1 Å². The van der Waals surface area contributed by atoms with Gasteiger partial charge in [0.1, 0.15) is 6.17 Å². The lowest BCUT2D eigenvalue weighted by Crippen LogP contribution is -2.23. The van der Waals surface area contributed by atoms with E-state index in [0.29, 0.717) is 12.8 Å². The Hall–Kier alpha value is -0.860. The van der Waals surface area contributed by atoms with E-state index in [1.807, 2.05) is 14.1 Å². The Morgan fingerprint density at radius 1 is 1.27 bits per heavy atom. The highest BCUT2D eigenvalue weighted by Gasteiger charge is 2.27. The first-order valence-corrected chi connectivity index (χ1v) is 5.64. The molecular formula is C12H20FNO. The van der Waals surface area contributed by atoms with E-state index >= 15 is 0 Å². The molecule has 0 aromatic heterocycles. The lowest BCUT2D eigenvalue weighted by molar-refractivity contribution is -0.120. The van der Waals surface area contributed by atoms with Gasteiger partial charge in [-0.1, -0.05) is 19.3 Å². The van der Waals surface area contributed by atoms with Crippen LogP contribution in [0.3, 0.4) is 0 Å². The second kappa shape index (κ2) is 5.89. The van der Waals surface area contributed by atoms with Crippen molar-refractivity contribution in [2.24, 2.45) is 5.92 Å². The summed E-state index contributed by atoms with van der Waals surface area (Å²) in [5.74, 6) is -0.457. The molecule has 2 nitrogen and oxygen atoms in total. The topological polar surface area (TPSA) is 20.3 Å². The Labute approximate surface area is 91.1 Å². The first kappa shape index (κ1) is 12.2. The van der Waals surface area contributed by atoms with E-state index in [4.69, 9.17) is 0 Å². The molecule has 0 spiro atoms. The van der Waals surface area contributed by atoms with Gasteiger partial charge in [-0.3, -0.25) is 4.79 Å². The minimum atomic E-state index is -0.938. The second-order valence-corrected chi connectivity index (χ2v) is 4.44. The molecule has 1 rings (SSSR count). The monoisotopic (exact) mass is 213 g/mol. The summed E-state index contributed by atoms with van der Waals surface area (Å²) in [4.78, 5) is 13.5. The molecule has 0 bridgehead atoms. The zero-order valence-electron chi connectivity index (χ0n) is 9.58. The van der Waals surface area contributed by atoms with E-state index in [-0.39, 0.29) is 5.78 Å². The van der Waals surface area contributed by atoms with Crippen molar-refractivity contribution in [2.45, 2.75) is 38.3 Å². The lowest BCUT2D eigenvalue weighted by atomic mass is 9.94. The van der Waals surface area contributed by atoms with Gasteiger partial charge in [-0.2, -0.15) is 0 Å². The molecule has 0 amide bonds. The molecule has 0 saturated heterocycles. The summed E-state index contributed by atoms with van der Waals surface area (Å²) in [5.41, 5.74) is 0. The van der Waals surface area contributed by atoms with Crippen LogP contribution in [0.2, 0.25) is 0 Å². The lowest BCUT2D eigenvalue weighted by Gasteiger charge is -2.15. The fourth-order valence-electron chi connectivity index (χ4n) is 1.93. The van der Waals surface area contributed by atoms with Crippen molar-refractivity contribution in [3.63, 3.8) is 0 Å². The van der Waals surface area contributed by atoms with Gasteiger partial charge in [0.2, 0.25) is 0 Å². The fourth-order valence-corrected chi connectivity index (χ4v) is 1.93. The Morgan fingerprint density at radius 2 is 1.93 bits per heavy atom. The van der Waals surface area contributed by atoms with Crippen LogP contribution in [0.4, 0.5) is 4.39 Å². The first-order chi connectivity index (χ1) is 7.11. The molecule has 3 heteroatoms. The number of halogens is 1. The van der Waals surface area contributed by atoms with Gasteiger partial charge in [0.25, 0.3) is 0 Å². The summed E-state index contributed by atoms with van der Waals surface area (Å²) in [6.07, 6.45) is 6.47. The van der Waals surface area contributed by atoms with Crippen molar-refractivity contribution < 1.29 is 9.18 Å². The molecule has 2 atom stereocenters. The summed E-state index contributed by atoms with van der Waals surface area (Å²) in [5, 5.41) is 0. The van der Waals surface area contributed by atoms with Gasteiger partial charge in [-0.05, 0) is 18.9 Å². The highest BCUT2D eigenvalue weighted by Crippen LogP contribution is 2.26. The quantitative estimate of drug-likeness (QED) is 0.530. The predicted molar refractivity (Wildman–Crippen MR) is 59.3 cm³/mol. The van der Waals surface area contributed by atoms with Crippen molar-refractivity contribution >= 4 is 5.78 Å². The molecule has 0 aromatic rings. The summed E-state index contributed by atoms with van der Waals surface area (Å²) < 4.78 is 13.6. The van der Waals surface area contributed by atoms with E-state index in [9.17, 15) is 9.18 Å². The molecule has 0 aliphatic heterocycles. The number of hydrogen-bond donors (Lipinski definition) is 0. The van der Waals surface area contributed by atoms with Crippen molar-refractivity contribution in [3.05, 3.63) is 12.3 Å². The average Bonchev–Trinajstić information content (AvgIpc) is 2.39. The van der Waals surface area contributed by atoms with Gasteiger partial charge in [0.05, 0.1) is 5.92 Å². The van der Waals surface area contributed by atoms with Crippen molar-refractivity contribution in [3.8, 4) is 0 Å². The van der Waals surface area contributed by atoms with Crippen LogP contribution < -0.4 is 0 Å². The third-order valence-electron chi connectivity index (χ3n) is 2.83. The number of carbonyl (C=O) groups excluding carboxylic acids is 1. The number of rotatable bonds is 3. The number of hydrogen-bond acceptors (Lipinski definition) is 2. The Morgan fingerprint density at radius 3 is 2.60 bits per heavy atom. The number of ketones is 1. The Kier molecular flexibility index (Phi) is 4.79. The second-order valence-electron chi connectivity index (χ2n) is 4.44. The molecule has 0 radical (unpaired) electrons. The van der Waals surface area contributed by atoms with E-state index in [0.717, 1.165) is 19.3 Å². The smallest absolute Gasteiger partial charge is 0.163 e. The van der Waals surface area contributed by atoms with E-state index in [1.165, 1.54) is 6.08 Å². The van der Waals surface area contributed by atoms with Gasteiger partial charge >= 0.3 is 0 Å². The molecule has 0 heterocycles. The average molecular weight is 213 g/mol. The number of allylic oxidation sites excluding steroid dienone is 1. The maximum atomic E-state index is 13.6. The molecule has 0 N–H and O–H groups in total. The van der Waals surface area contributed by atoms with Crippen LogP contribution in [0.15, 0.2) is 12.3 Å². The molecule has 1 saturated carbocycles. The van der Waals surface area contributed by atoms with Crippen LogP contribution in [0.5, 0.6) is 0 Å². The first-order valence-electron chi connectivity index (χ1n) is 5.64. The van der Waals surface area contributed by atoms with Crippen molar-refractivity contribution in [1.29, 1.82) is 0 Å². The van der Waals surface area contributed by atoms with Gasteiger partial charge in [-0.15, -0.1) is 0 Å². The zero-order valence-corrected chi connectivity index (χ0v) is 9.58. The normalized spacial score (nSPS) is 27.7. The highest BCUT2D eigenvalue weighted by atomic mass is 19.1. The third kappa shape index (κ3) is 4.02. The predicted octanol–water partition coefficient (Wildman–Crippen LogP) is 2.55. The largest absolute Gasteiger partial charge is 0.383 e. The SMILES string of the molecule is CN(C)/C=C/C(=O)C1CCCCCC1F. The van der Waals surface area contributed by atoms with Gasteiger partial charge in [0, 0.05) is 20.3 Å². The summed E-state index contributed by atoms with van der Waals surface area (Å²) in [7, 11) is 3.70. The molecule has 86 valence electrons. The Bertz CT molecular complexity index is 238. The molecule has 15 heavy (non-hydrogen) atoms. The molecule has 2 unspecified atom stereocenters. The van der Waals surface area contributed by atoms with Gasteiger partial charge in [0.15, 0.2) is 5.78 Å². The summed E-state index contributed by atoms with van der Waals surface area (Å²) in [6, 6.07) is 0. The Balaban J connectivity index is 2.55. The zero-order chi connectivity index (χ0) is 11.3. The molecular weight excluding hydrogens is 193 g/mol. The van der Waals surface area contributed by atoms with Crippen LogP contribution in [0.1, 0.15) is 32.1 Å². The third-order valence-corrected chi connectivity index (χ3v) is 2.83. The van der Waals surface area contributed by atoms with Crippen molar-refractivity contribution in [1.82, 2.24) is 4.90 Å². The minimum absolute atomic E-state index is 0.0573. The van der Waals surface area contributed by atoms with E-state index in [2.05, 4.69) is 0 Å². The van der Waals surface area contributed by atoms with Crippen LogP contribution in [0, 0.1) is 5.92 Å². The molecule has 1 aliphatic rings. The molecule has 1 fully saturated rings. The fraction of sp³-hybridized carbons (Fsp3) is 0.750. The number of nitrogens with zero attached hydrogens (tertiary/aromatic N) is 1. The van der Waals surface area contributed by atoms with Crippen molar-refractivity contribution in [2.75, 3.05) is 14.1 Å². The molecule has 1 aliphatic carbocycles. The van der Waals surface area contributed by atoms with Crippen LogP contribution in [0.25, 0.3) is 0 Å². The van der Waals surface area contributed by atoms with Crippen LogP contribution >= 0.6 is 0 Å². The van der Waals surface area contributed by atoms with E-state index < -0.39 is 12.1 Å². The molecule has 0 aromatic carbocycles. The summed E-state index contributed by atoms with van der Waals surface area (Å²) >= 11 is 0. The van der Waals surface area contributed by atoms with Gasteiger partial charge in [-0.25, -0.2) is 4.39 Å². The minimum Gasteiger partial charge on any atom is -0.383 e. The van der Waals surface area contributed by atoms with Gasteiger partial charge < -0.3 is 4.90 Å². The maximum Gasteiger partial charge on any atom is 0.163 e. The van der Waals surface area contributed by atoms with Crippen LogP contribution in [-0.4, -0.2) is 31.0 Å². The standard InChI is InChI=1S/C12H20FNO/c1-14(2)9-8-12(15)10-6-4-3-5-7-11(10)13/h8-11H,3-7H2,1-2H3/b9-8+. The number of alkyl halides is 1. The summed E-state index contributed by atoms with van der Waals surface area (Å²) in [6.45, 7) is 0. The number of carbonyl (C=O) groups is 1.